The van der Waals surface area contributed by atoms with E-state index in [2.05, 4.69) is 4.74 Å². The minimum atomic E-state index is -0.718. The zero-order valence-electron chi connectivity index (χ0n) is 13.3. The van der Waals surface area contributed by atoms with Gasteiger partial charge in [0.25, 0.3) is 0 Å². The third-order valence-electron chi connectivity index (χ3n) is 4.15. The Balaban J connectivity index is 1.73. The van der Waals surface area contributed by atoms with Crippen molar-refractivity contribution >= 4 is 12.1 Å². The van der Waals surface area contributed by atoms with Crippen LogP contribution < -0.4 is 0 Å². The van der Waals surface area contributed by atoms with Crippen molar-refractivity contribution in [1.29, 1.82) is 0 Å². The Morgan fingerprint density at radius 2 is 1.91 bits per heavy atom. The van der Waals surface area contributed by atoms with Gasteiger partial charge in [-0.3, -0.25) is 4.79 Å². The lowest BCUT2D eigenvalue weighted by Crippen LogP contribution is -2.41. The van der Waals surface area contributed by atoms with Crippen molar-refractivity contribution in [2.45, 2.75) is 32.0 Å². The van der Waals surface area contributed by atoms with Gasteiger partial charge in [-0.05, 0) is 24.3 Å². The fraction of sp³-hybridized carbons (Fsp3) is 0.529. The van der Waals surface area contributed by atoms with Crippen LogP contribution in [-0.2, 0) is 20.9 Å². The van der Waals surface area contributed by atoms with E-state index in [1.54, 1.807) is 4.90 Å². The van der Waals surface area contributed by atoms with Crippen LogP contribution in [0.3, 0.4) is 0 Å². The van der Waals surface area contributed by atoms with Gasteiger partial charge in [0.1, 0.15) is 6.61 Å². The maximum absolute atomic E-state index is 12.0. The van der Waals surface area contributed by atoms with E-state index in [1.165, 1.54) is 7.11 Å². The van der Waals surface area contributed by atoms with Gasteiger partial charge >= 0.3 is 12.1 Å². The van der Waals surface area contributed by atoms with Crippen molar-refractivity contribution < 1.29 is 24.2 Å². The summed E-state index contributed by atoms with van der Waals surface area (Å²) in [5.74, 6) is -0.408. The first kappa shape index (κ1) is 17.3. The summed E-state index contributed by atoms with van der Waals surface area (Å²) >= 11 is 0. The molecule has 0 saturated carbocycles. The molecule has 1 heterocycles. The number of benzene rings is 1. The largest absolute Gasteiger partial charge is 0.469 e. The van der Waals surface area contributed by atoms with Crippen molar-refractivity contribution in [3.8, 4) is 0 Å². The van der Waals surface area contributed by atoms with Gasteiger partial charge < -0.3 is 19.5 Å². The number of methoxy groups -OCH3 is 1. The Bertz CT molecular complexity index is 511. The molecular formula is C17H23NO5. The number of aliphatic hydroxyl groups excluding tert-OH is 1. The maximum atomic E-state index is 12.0. The summed E-state index contributed by atoms with van der Waals surface area (Å²) in [6, 6.07) is 9.52. The molecule has 1 aromatic carbocycles. The SMILES string of the molecule is COC(=O)CC(O)C1CCN(C(=O)OCc2ccccc2)CC1. The highest BCUT2D eigenvalue weighted by molar-refractivity contribution is 5.70. The number of aliphatic hydroxyl groups is 1. The highest BCUT2D eigenvalue weighted by Gasteiger charge is 2.29. The Kier molecular flexibility index (Phi) is 6.40. The molecule has 23 heavy (non-hydrogen) atoms. The van der Waals surface area contributed by atoms with Crippen molar-refractivity contribution in [3.05, 3.63) is 35.9 Å². The highest BCUT2D eigenvalue weighted by atomic mass is 16.6. The number of likely N-dealkylation sites (tertiary alicyclic amines) is 1. The lowest BCUT2D eigenvalue weighted by atomic mass is 9.90. The van der Waals surface area contributed by atoms with E-state index < -0.39 is 12.1 Å². The van der Waals surface area contributed by atoms with Crippen molar-refractivity contribution in [2.75, 3.05) is 20.2 Å². The van der Waals surface area contributed by atoms with Crippen LogP contribution >= 0.6 is 0 Å². The summed E-state index contributed by atoms with van der Waals surface area (Å²) in [5.41, 5.74) is 0.948. The Morgan fingerprint density at radius 3 is 2.52 bits per heavy atom. The summed E-state index contributed by atoms with van der Waals surface area (Å²) in [5, 5.41) is 10.0. The van der Waals surface area contributed by atoms with Crippen molar-refractivity contribution in [2.24, 2.45) is 5.92 Å². The van der Waals surface area contributed by atoms with Gasteiger partial charge in [0.2, 0.25) is 0 Å². The number of nitrogens with zero attached hydrogens (tertiary/aromatic N) is 1. The molecule has 1 unspecified atom stereocenters. The number of amides is 1. The van der Waals surface area contributed by atoms with E-state index in [-0.39, 0.29) is 25.0 Å². The van der Waals surface area contributed by atoms with Crippen molar-refractivity contribution in [3.63, 3.8) is 0 Å². The number of rotatable bonds is 5. The predicted molar refractivity (Wildman–Crippen MR) is 83.6 cm³/mol. The molecule has 1 aliphatic rings. The molecule has 0 aromatic heterocycles. The molecule has 1 atom stereocenters. The number of hydrogen-bond acceptors (Lipinski definition) is 5. The Morgan fingerprint density at radius 1 is 1.26 bits per heavy atom. The summed E-state index contributed by atoms with van der Waals surface area (Å²) in [6.07, 6.45) is 0.247. The number of carbonyl (C=O) groups excluding carboxylic acids is 2. The maximum Gasteiger partial charge on any atom is 0.410 e. The quantitative estimate of drug-likeness (QED) is 0.839. The molecule has 1 N–H and O–H groups in total. The van der Waals surface area contributed by atoms with Gasteiger partial charge in [-0.25, -0.2) is 4.79 Å². The normalized spacial score (nSPS) is 16.7. The molecule has 2 rings (SSSR count). The van der Waals surface area contributed by atoms with Crippen LogP contribution in [0.4, 0.5) is 4.79 Å². The van der Waals surface area contributed by atoms with Crippen molar-refractivity contribution in [1.82, 2.24) is 4.90 Å². The van der Waals surface area contributed by atoms with Crippen LogP contribution in [0.15, 0.2) is 30.3 Å². The first-order valence-corrected chi connectivity index (χ1v) is 7.80. The van der Waals surface area contributed by atoms with E-state index in [0.717, 1.165) is 5.56 Å². The highest BCUT2D eigenvalue weighted by Crippen LogP contribution is 2.23. The number of esters is 1. The van der Waals surface area contributed by atoms with Crippen LogP contribution in [-0.4, -0.2) is 48.4 Å². The zero-order valence-corrected chi connectivity index (χ0v) is 13.3. The average molecular weight is 321 g/mol. The standard InChI is InChI=1S/C17H23NO5/c1-22-16(20)11-15(19)14-7-9-18(10-8-14)17(21)23-12-13-5-3-2-4-6-13/h2-6,14-15,19H,7-12H2,1H3. The summed E-state index contributed by atoms with van der Waals surface area (Å²) in [4.78, 5) is 24.9. The smallest absolute Gasteiger partial charge is 0.410 e. The predicted octanol–water partition coefficient (Wildman–Crippen LogP) is 1.96. The lowest BCUT2D eigenvalue weighted by Gasteiger charge is -2.33. The van der Waals surface area contributed by atoms with Crippen LogP contribution in [0, 0.1) is 5.92 Å². The molecule has 1 saturated heterocycles. The number of ether oxygens (including phenoxy) is 2. The second kappa shape index (κ2) is 8.53. The third kappa shape index (κ3) is 5.25. The van der Waals surface area contributed by atoms with Crippen LogP contribution in [0.2, 0.25) is 0 Å². The second-order valence-corrected chi connectivity index (χ2v) is 5.71. The van der Waals surface area contributed by atoms with Gasteiger partial charge in [-0.2, -0.15) is 0 Å². The van der Waals surface area contributed by atoms with Gasteiger partial charge in [0, 0.05) is 13.1 Å². The number of piperidine rings is 1. The fourth-order valence-electron chi connectivity index (χ4n) is 2.70. The molecule has 0 aliphatic carbocycles. The molecule has 126 valence electrons. The van der Waals surface area contributed by atoms with Crippen LogP contribution in [0.25, 0.3) is 0 Å². The minimum absolute atomic E-state index is 0.000377. The molecule has 0 spiro atoms. The topological polar surface area (TPSA) is 76.1 Å². The molecule has 1 amide bonds. The molecule has 1 aliphatic heterocycles. The molecule has 1 aromatic rings. The number of carbonyl (C=O) groups is 2. The zero-order chi connectivity index (χ0) is 16.7. The van der Waals surface area contributed by atoms with E-state index in [4.69, 9.17) is 4.74 Å². The lowest BCUT2D eigenvalue weighted by molar-refractivity contribution is -0.143. The average Bonchev–Trinajstić information content (AvgIpc) is 2.60. The number of hydrogen-bond donors (Lipinski definition) is 1. The molecule has 1 fully saturated rings. The molecule has 0 bridgehead atoms. The van der Waals surface area contributed by atoms with E-state index in [1.807, 2.05) is 30.3 Å². The van der Waals surface area contributed by atoms with Crippen LogP contribution in [0.1, 0.15) is 24.8 Å². The summed E-state index contributed by atoms with van der Waals surface area (Å²) in [6.45, 7) is 1.30. The van der Waals surface area contributed by atoms with E-state index in [0.29, 0.717) is 25.9 Å². The summed E-state index contributed by atoms with van der Waals surface area (Å²) in [7, 11) is 1.31. The monoisotopic (exact) mass is 321 g/mol. The van der Waals surface area contributed by atoms with Gasteiger partial charge in [-0.1, -0.05) is 30.3 Å². The Hall–Kier alpha value is -2.08. The molecular weight excluding hydrogens is 298 g/mol. The molecule has 6 nitrogen and oxygen atoms in total. The van der Waals surface area contributed by atoms with E-state index >= 15 is 0 Å². The third-order valence-corrected chi connectivity index (χ3v) is 4.15. The molecule has 6 heteroatoms. The Labute approximate surface area is 136 Å². The summed E-state index contributed by atoms with van der Waals surface area (Å²) < 4.78 is 9.86. The first-order chi connectivity index (χ1) is 11.1. The van der Waals surface area contributed by atoms with Gasteiger partial charge in [-0.15, -0.1) is 0 Å². The van der Waals surface area contributed by atoms with E-state index in [9.17, 15) is 14.7 Å². The van der Waals surface area contributed by atoms with Gasteiger partial charge in [0.05, 0.1) is 19.6 Å². The fourth-order valence-corrected chi connectivity index (χ4v) is 2.70. The molecule has 0 radical (unpaired) electrons. The van der Waals surface area contributed by atoms with Gasteiger partial charge in [0.15, 0.2) is 0 Å². The first-order valence-electron chi connectivity index (χ1n) is 7.80. The minimum Gasteiger partial charge on any atom is -0.469 e. The second-order valence-electron chi connectivity index (χ2n) is 5.71. The van der Waals surface area contributed by atoms with Crippen LogP contribution in [0.5, 0.6) is 0 Å².